The number of carbonyl (C=O) groups is 2. The number of alkyl halides is 3. The number of fused-ring (bicyclic) bond motifs is 1. The molecular weight excluding hydrogens is 427 g/mol. The average Bonchev–Trinajstić information content (AvgIpc) is 3.19. The third kappa shape index (κ3) is 5.82. The van der Waals surface area contributed by atoms with Crippen molar-refractivity contribution in [2.75, 3.05) is 0 Å². The molecule has 0 spiro atoms. The molecule has 0 bridgehead atoms. The number of para-hydroxylation sites is 2. The second-order valence-electron chi connectivity index (χ2n) is 7.40. The van der Waals surface area contributed by atoms with Crippen LogP contribution in [0.25, 0.3) is 16.9 Å². The summed E-state index contributed by atoms with van der Waals surface area (Å²) in [5.74, 6) is -2.09. The van der Waals surface area contributed by atoms with E-state index in [0.29, 0.717) is 5.56 Å². The Morgan fingerprint density at radius 3 is 2.31 bits per heavy atom. The second kappa shape index (κ2) is 9.77. The molecule has 4 rings (SSSR count). The minimum absolute atomic E-state index is 0.0741. The van der Waals surface area contributed by atoms with Crippen LogP contribution in [0.3, 0.4) is 0 Å². The molecule has 1 aliphatic carbocycles. The number of aliphatic carboxylic acids is 1. The third-order valence-electron chi connectivity index (χ3n) is 5.06. The molecule has 1 aromatic carbocycles. The molecule has 1 aliphatic rings. The number of amides is 1. The summed E-state index contributed by atoms with van der Waals surface area (Å²) in [6, 6.07) is 12.0. The largest absolute Gasteiger partial charge is 0.490 e. The van der Waals surface area contributed by atoms with Gasteiger partial charge in [-0.3, -0.25) is 9.36 Å². The van der Waals surface area contributed by atoms with Gasteiger partial charge < -0.3 is 16.2 Å². The molecule has 2 aromatic heterocycles. The number of carboxylic acids is 1. The van der Waals surface area contributed by atoms with Crippen LogP contribution in [-0.2, 0) is 4.79 Å². The Morgan fingerprint density at radius 1 is 1.06 bits per heavy atom. The van der Waals surface area contributed by atoms with Crippen LogP contribution in [0.2, 0.25) is 0 Å². The normalized spacial score (nSPS) is 18.5. The van der Waals surface area contributed by atoms with E-state index in [9.17, 15) is 18.0 Å². The lowest BCUT2D eigenvalue weighted by atomic mass is 9.92. The molecular formula is C21H22F3N5O3. The minimum atomic E-state index is -5.08. The van der Waals surface area contributed by atoms with E-state index in [-0.39, 0.29) is 18.0 Å². The van der Waals surface area contributed by atoms with E-state index in [2.05, 4.69) is 15.3 Å². The van der Waals surface area contributed by atoms with Gasteiger partial charge in [-0.25, -0.2) is 14.8 Å². The fraction of sp³-hybridized carbons (Fsp3) is 0.333. The molecule has 170 valence electrons. The summed E-state index contributed by atoms with van der Waals surface area (Å²) in [5.41, 5.74) is 8.39. The first-order valence-corrected chi connectivity index (χ1v) is 9.90. The van der Waals surface area contributed by atoms with Gasteiger partial charge in [0.2, 0.25) is 0 Å². The van der Waals surface area contributed by atoms with Crippen molar-refractivity contribution in [2.45, 2.75) is 43.9 Å². The van der Waals surface area contributed by atoms with Gasteiger partial charge in [0.25, 0.3) is 5.91 Å². The van der Waals surface area contributed by atoms with Crippen LogP contribution in [0.1, 0.15) is 36.0 Å². The van der Waals surface area contributed by atoms with Crippen molar-refractivity contribution in [1.82, 2.24) is 19.9 Å². The number of carbonyl (C=O) groups excluding carboxylic acids is 1. The van der Waals surface area contributed by atoms with Crippen LogP contribution in [0.15, 0.2) is 48.9 Å². The number of pyridine rings is 1. The highest BCUT2D eigenvalue weighted by Crippen LogP contribution is 2.19. The number of rotatable bonds is 3. The minimum Gasteiger partial charge on any atom is -0.475 e. The molecule has 0 radical (unpaired) electrons. The van der Waals surface area contributed by atoms with Gasteiger partial charge in [0.15, 0.2) is 0 Å². The summed E-state index contributed by atoms with van der Waals surface area (Å²) in [6.45, 7) is 0. The van der Waals surface area contributed by atoms with Crippen molar-refractivity contribution >= 4 is 22.9 Å². The highest BCUT2D eigenvalue weighted by Gasteiger charge is 2.38. The van der Waals surface area contributed by atoms with E-state index >= 15 is 0 Å². The lowest BCUT2D eigenvalue weighted by molar-refractivity contribution is -0.192. The van der Waals surface area contributed by atoms with E-state index in [0.717, 1.165) is 42.5 Å². The Kier molecular flexibility index (Phi) is 7.08. The number of aromatic nitrogens is 3. The number of carboxylic acid groups (broad SMARTS) is 1. The van der Waals surface area contributed by atoms with Gasteiger partial charge in [0.1, 0.15) is 12.1 Å². The maximum Gasteiger partial charge on any atom is 0.490 e. The molecule has 0 atom stereocenters. The second-order valence-corrected chi connectivity index (χ2v) is 7.40. The van der Waals surface area contributed by atoms with Gasteiger partial charge in [-0.15, -0.1) is 0 Å². The van der Waals surface area contributed by atoms with Crippen molar-refractivity contribution in [3.8, 4) is 5.82 Å². The smallest absolute Gasteiger partial charge is 0.475 e. The Labute approximate surface area is 181 Å². The first-order chi connectivity index (χ1) is 15.1. The molecule has 1 amide bonds. The number of nitrogens with one attached hydrogen (secondary N) is 1. The highest BCUT2D eigenvalue weighted by atomic mass is 19.4. The predicted octanol–water partition coefficient (Wildman–Crippen LogP) is 3.05. The number of nitrogens with two attached hydrogens (primary N) is 1. The zero-order valence-corrected chi connectivity index (χ0v) is 16.9. The van der Waals surface area contributed by atoms with Crippen LogP contribution in [0.4, 0.5) is 13.2 Å². The predicted molar refractivity (Wildman–Crippen MR) is 110 cm³/mol. The van der Waals surface area contributed by atoms with E-state index < -0.39 is 12.1 Å². The van der Waals surface area contributed by atoms with E-state index in [1.54, 1.807) is 18.6 Å². The van der Waals surface area contributed by atoms with Crippen LogP contribution in [-0.4, -0.2) is 49.8 Å². The van der Waals surface area contributed by atoms with Gasteiger partial charge >= 0.3 is 12.1 Å². The summed E-state index contributed by atoms with van der Waals surface area (Å²) in [5, 5.41) is 10.2. The number of benzene rings is 1. The van der Waals surface area contributed by atoms with Crippen LogP contribution in [0.5, 0.6) is 0 Å². The highest BCUT2D eigenvalue weighted by molar-refractivity contribution is 5.94. The third-order valence-corrected chi connectivity index (χ3v) is 5.06. The average molecular weight is 449 g/mol. The van der Waals surface area contributed by atoms with Crippen molar-refractivity contribution in [1.29, 1.82) is 0 Å². The van der Waals surface area contributed by atoms with E-state index in [1.165, 1.54) is 0 Å². The molecule has 2 heterocycles. The number of halogens is 3. The fourth-order valence-corrected chi connectivity index (χ4v) is 3.34. The lowest BCUT2D eigenvalue weighted by Crippen LogP contribution is -2.40. The Hall–Kier alpha value is -3.47. The maximum atomic E-state index is 12.4. The van der Waals surface area contributed by atoms with E-state index in [1.807, 2.05) is 34.9 Å². The molecule has 32 heavy (non-hydrogen) atoms. The van der Waals surface area contributed by atoms with Crippen molar-refractivity contribution in [2.24, 2.45) is 5.73 Å². The first kappa shape index (κ1) is 23.2. The lowest BCUT2D eigenvalue weighted by Gasteiger charge is -2.26. The molecule has 11 heteroatoms. The molecule has 0 saturated heterocycles. The molecule has 3 aromatic rings. The monoisotopic (exact) mass is 449 g/mol. The van der Waals surface area contributed by atoms with Gasteiger partial charge in [-0.2, -0.15) is 13.2 Å². The van der Waals surface area contributed by atoms with Crippen LogP contribution >= 0.6 is 0 Å². The van der Waals surface area contributed by atoms with Gasteiger partial charge in [0.05, 0.1) is 16.6 Å². The first-order valence-electron chi connectivity index (χ1n) is 9.90. The Morgan fingerprint density at radius 2 is 1.72 bits per heavy atom. The van der Waals surface area contributed by atoms with Crippen LogP contribution in [0, 0.1) is 0 Å². The molecule has 1 fully saturated rings. The summed E-state index contributed by atoms with van der Waals surface area (Å²) in [7, 11) is 0. The van der Waals surface area contributed by atoms with E-state index in [4.69, 9.17) is 15.6 Å². The Balaban J connectivity index is 0.000000360. The summed E-state index contributed by atoms with van der Waals surface area (Å²) < 4.78 is 33.7. The molecule has 0 unspecified atom stereocenters. The van der Waals surface area contributed by atoms with Crippen molar-refractivity contribution < 1.29 is 27.9 Å². The zero-order valence-electron chi connectivity index (χ0n) is 16.9. The molecule has 0 aliphatic heterocycles. The summed E-state index contributed by atoms with van der Waals surface area (Å²) in [6.07, 6.45) is 2.11. The Bertz CT molecular complexity index is 1070. The number of imidazole rings is 1. The molecule has 8 nitrogen and oxygen atoms in total. The standard InChI is InChI=1S/C19H21N5O.C2HF3O2/c20-14-6-8-15(9-7-14)23-19(25)13-5-10-18(21-11-13)24-12-22-16-3-1-2-4-17(16)24;3-2(4,5)1(6)7/h1-5,10-12,14-15H,6-9,20H2,(H,23,25);(H,6,7). The summed E-state index contributed by atoms with van der Waals surface area (Å²) >= 11 is 0. The van der Waals surface area contributed by atoms with Gasteiger partial charge in [-0.1, -0.05) is 12.1 Å². The number of hydrogen-bond acceptors (Lipinski definition) is 5. The zero-order chi connectivity index (χ0) is 23.3. The number of hydrogen-bond donors (Lipinski definition) is 3. The fourth-order valence-electron chi connectivity index (χ4n) is 3.34. The SMILES string of the molecule is NC1CCC(NC(=O)c2ccc(-n3cnc4ccccc43)nc2)CC1.O=C(O)C(F)(F)F. The van der Waals surface area contributed by atoms with Crippen LogP contribution < -0.4 is 11.1 Å². The molecule has 1 saturated carbocycles. The van der Waals surface area contributed by atoms with Gasteiger partial charge in [-0.05, 0) is 49.9 Å². The van der Waals surface area contributed by atoms with Crippen molar-refractivity contribution in [3.05, 3.63) is 54.5 Å². The summed E-state index contributed by atoms with van der Waals surface area (Å²) in [4.78, 5) is 30.1. The maximum absolute atomic E-state index is 12.4. The quantitative estimate of drug-likeness (QED) is 0.565. The number of nitrogens with zero attached hydrogens (tertiary/aromatic N) is 3. The topological polar surface area (TPSA) is 123 Å². The van der Waals surface area contributed by atoms with Crippen molar-refractivity contribution in [3.63, 3.8) is 0 Å². The molecule has 4 N–H and O–H groups in total. The van der Waals surface area contributed by atoms with Gasteiger partial charge in [0, 0.05) is 18.3 Å².